The zero-order valence-electron chi connectivity index (χ0n) is 12.9. The number of aliphatic imine (C=N–C) groups is 1. The molecule has 1 aromatic heterocycles. The van der Waals surface area contributed by atoms with Crippen LogP contribution in [0, 0.1) is 23.2 Å². The van der Waals surface area contributed by atoms with Gasteiger partial charge in [0.1, 0.15) is 5.82 Å². The Kier molecular flexibility index (Phi) is 4.61. The summed E-state index contributed by atoms with van der Waals surface area (Å²) in [6, 6.07) is 17.0. The topological polar surface area (TPSA) is 17.3 Å². The lowest BCUT2D eigenvalue weighted by molar-refractivity contribution is 0.630. The van der Waals surface area contributed by atoms with Crippen LogP contribution < -0.4 is 0 Å². The maximum atomic E-state index is 13.7. The van der Waals surface area contributed by atoms with Crippen molar-refractivity contribution in [3.8, 4) is 5.69 Å². The molecule has 0 aliphatic heterocycles. The summed E-state index contributed by atoms with van der Waals surface area (Å²) in [5.74, 6) is -0.310. The number of para-hydroxylation sites is 1. The maximum absolute atomic E-state index is 13.7. The fraction of sp³-hybridized carbons (Fsp3) is 0.105. The molecule has 0 aliphatic rings. The lowest BCUT2D eigenvalue weighted by Gasteiger charge is -2.09. The number of hydrogen-bond donors (Lipinski definition) is 0. The smallest absolute Gasteiger partial charge is 0.148 e. The van der Waals surface area contributed by atoms with Crippen LogP contribution in [-0.2, 0) is 0 Å². The fourth-order valence-corrected chi connectivity index (χ4v) is 2.96. The van der Waals surface area contributed by atoms with Crippen molar-refractivity contribution in [2.24, 2.45) is 4.99 Å². The minimum Gasteiger partial charge on any atom is -0.318 e. The Hall–Kier alpha value is -1.95. The average molecular weight is 418 g/mol. The van der Waals surface area contributed by atoms with Gasteiger partial charge in [0.25, 0.3) is 0 Å². The Morgan fingerprint density at radius 1 is 1.04 bits per heavy atom. The van der Waals surface area contributed by atoms with E-state index in [2.05, 4.69) is 69.4 Å². The molecule has 0 unspecified atom stereocenters. The summed E-state index contributed by atoms with van der Waals surface area (Å²) in [4.78, 5) is 4.28. The summed E-state index contributed by atoms with van der Waals surface area (Å²) in [6.07, 6.45) is 1.73. The first-order valence-electron chi connectivity index (χ1n) is 7.30. The third kappa shape index (κ3) is 3.37. The van der Waals surface area contributed by atoms with E-state index in [1.807, 2.05) is 6.92 Å². The van der Waals surface area contributed by atoms with E-state index in [-0.39, 0.29) is 5.82 Å². The van der Waals surface area contributed by atoms with Crippen LogP contribution in [0.1, 0.15) is 17.0 Å². The molecule has 0 N–H and O–H groups in total. The standard InChI is InChI=1S/C19H16FIN2/c1-13-11-15(12-22-19-6-4-3-5-18(19)20)14(2)23(13)17-9-7-16(21)8-10-17/h3-12H,1-2H3. The predicted octanol–water partition coefficient (Wildman–Crippen LogP) is 5.59. The van der Waals surface area contributed by atoms with Crippen molar-refractivity contribution in [3.63, 3.8) is 0 Å². The van der Waals surface area contributed by atoms with Crippen LogP contribution >= 0.6 is 22.6 Å². The van der Waals surface area contributed by atoms with E-state index in [9.17, 15) is 4.39 Å². The monoisotopic (exact) mass is 418 g/mol. The second kappa shape index (κ2) is 6.66. The largest absolute Gasteiger partial charge is 0.318 e. The highest BCUT2D eigenvalue weighted by molar-refractivity contribution is 14.1. The molecule has 2 aromatic carbocycles. The molecule has 3 rings (SSSR count). The Morgan fingerprint density at radius 3 is 2.43 bits per heavy atom. The van der Waals surface area contributed by atoms with Crippen LogP contribution in [-0.4, -0.2) is 10.8 Å². The van der Waals surface area contributed by atoms with Crippen LogP contribution in [0.4, 0.5) is 10.1 Å². The quantitative estimate of drug-likeness (QED) is 0.390. The van der Waals surface area contributed by atoms with E-state index in [1.54, 1.807) is 24.4 Å². The van der Waals surface area contributed by atoms with Crippen LogP contribution in [0.5, 0.6) is 0 Å². The zero-order chi connectivity index (χ0) is 16.4. The summed E-state index contributed by atoms with van der Waals surface area (Å²) in [6.45, 7) is 4.11. The predicted molar refractivity (Wildman–Crippen MR) is 102 cm³/mol. The number of aryl methyl sites for hydroxylation is 1. The molecule has 0 radical (unpaired) electrons. The Morgan fingerprint density at radius 2 is 1.74 bits per heavy atom. The van der Waals surface area contributed by atoms with Gasteiger partial charge in [0.05, 0.1) is 5.69 Å². The molecule has 3 aromatic rings. The van der Waals surface area contributed by atoms with Crippen LogP contribution in [0.15, 0.2) is 59.6 Å². The van der Waals surface area contributed by atoms with Gasteiger partial charge in [0.2, 0.25) is 0 Å². The van der Waals surface area contributed by atoms with Gasteiger partial charge in [0, 0.05) is 32.4 Å². The van der Waals surface area contributed by atoms with Crippen molar-refractivity contribution in [2.45, 2.75) is 13.8 Å². The van der Waals surface area contributed by atoms with E-state index in [1.165, 1.54) is 9.64 Å². The molecule has 0 atom stereocenters. The van der Waals surface area contributed by atoms with Gasteiger partial charge in [-0.3, -0.25) is 4.99 Å². The van der Waals surface area contributed by atoms with Crippen molar-refractivity contribution < 1.29 is 4.39 Å². The first kappa shape index (κ1) is 15.9. The molecule has 23 heavy (non-hydrogen) atoms. The number of rotatable bonds is 3. The van der Waals surface area contributed by atoms with Crippen LogP contribution in [0.3, 0.4) is 0 Å². The van der Waals surface area contributed by atoms with Gasteiger partial charge >= 0.3 is 0 Å². The van der Waals surface area contributed by atoms with Gasteiger partial charge in [-0.15, -0.1) is 0 Å². The van der Waals surface area contributed by atoms with Gasteiger partial charge in [-0.05, 0) is 78.9 Å². The number of benzene rings is 2. The van der Waals surface area contributed by atoms with Crippen molar-refractivity contribution >= 4 is 34.5 Å². The minimum absolute atomic E-state index is 0.310. The normalized spacial score (nSPS) is 11.3. The van der Waals surface area contributed by atoms with Gasteiger partial charge in [-0.2, -0.15) is 0 Å². The highest BCUT2D eigenvalue weighted by Crippen LogP contribution is 2.22. The highest BCUT2D eigenvalue weighted by Gasteiger charge is 2.09. The Labute approximate surface area is 148 Å². The first-order valence-corrected chi connectivity index (χ1v) is 8.37. The molecule has 0 amide bonds. The average Bonchev–Trinajstić information content (AvgIpc) is 2.82. The first-order chi connectivity index (χ1) is 11.1. The summed E-state index contributed by atoms with van der Waals surface area (Å²) < 4.78 is 17.0. The summed E-state index contributed by atoms with van der Waals surface area (Å²) in [7, 11) is 0. The molecule has 116 valence electrons. The summed E-state index contributed by atoms with van der Waals surface area (Å²) >= 11 is 2.30. The van der Waals surface area contributed by atoms with E-state index in [0.29, 0.717) is 5.69 Å². The molecule has 4 heteroatoms. The minimum atomic E-state index is -0.310. The lowest BCUT2D eigenvalue weighted by atomic mass is 10.2. The van der Waals surface area contributed by atoms with Gasteiger partial charge < -0.3 is 4.57 Å². The molecule has 0 saturated carbocycles. The molecular weight excluding hydrogens is 402 g/mol. The summed E-state index contributed by atoms with van der Waals surface area (Å²) in [5, 5.41) is 0. The lowest BCUT2D eigenvalue weighted by Crippen LogP contribution is -1.99. The third-order valence-corrected chi connectivity index (χ3v) is 4.47. The molecule has 0 spiro atoms. The third-order valence-electron chi connectivity index (χ3n) is 3.75. The molecule has 2 nitrogen and oxygen atoms in total. The highest BCUT2D eigenvalue weighted by atomic mass is 127. The van der Waals surface area contributed by atoms with E-state index >= 15 is 0 Å². The molecule has 0 bridgehead atoms. The number of hydrogen-bond acceptors (Lipinski definition) is 1. The zero-order valence-corrected chi connectivity index (χ0v) is 15.1. The second-order valence-electron chi connectivity index (χ2n) is 5.35. The molecular formula is C19H16FIN2. The van der Waals surface area contributed by atoms with Crippen LogP contribution in [0.2, 0.25) is 0 Å². The molecule has 0 saturated heterocycles. The number of nitrogens with zero attached hydrogens (tertiary/aromatic N) is 2. The van der Waals surface area contributed by atoms with Crippen molar-refractivity contribution in [1.82, 2.24) is 4.57 Å². The Bertz CT molecular complexity index is 864. The van der Waals surface area contributed by atoms with Crippen molar-refractivity contribution in [2.75, 3.05) is 0 Å². The van der Waals surface area contributed by atoms with Crippen molar-refractivity contribution in [3.05, 3.63) is 80.9 Å². The summed E-state index contributed by atoms with van der Waals surface area (Å²) in [5.41, 5.74) is 4.67. The molecule has 1 heterocycles. The van der Waals surface area contributed by atoms with Gasteiger partial charge in [0.15, 0.2) is 0 Å². The molecule has 0 aliphatic carbocycles. The second-order valence-corrected chi connectivity index (χ2v) is 6.59. The fourth-order valence-electron chi connectivity index (χ4n) is 2.60. The van der Waals surface area contributed by atoms with Crippen LogP contribution in [0.25, 0.3) is 5.69 Å². The van der Waals surface area contributed by atoms with Gasteiger partial charge in [-0.1, -0.05) is 12.1 Å². The number of halogens is 2. The van der Waals surface area contributed by atoms with E-state index < -0.39 is 0 Å². The van der Waals surface area contributed by atoms with E-state index in [0.717, 1.165) is 22.6 Å². The molecule has 0 fully saturated rings. The van der Waals surface area contributed by atoms with Gasteiger partial charge in [-0.25, -0.2) is 4.39 Å². The Balaban J connectivity index is 1.98. The maximum Gasteiger partial charge on any atom is 0.148 e. The van der Waals surface area contributed by atoms with E-state index in [4.69, 9.17) is 0 Å². The SMILES string of the molecule is Cc1cc(C=Nc2ccccc2F)c(C)n1-c1ccc(I)cc1. The van der Waals surface area contributed by atoms with Crippen molar-refractivity contribution in [1.29, 1.82) is 0 Å². The number of aromatic nitrogens is 1.